The van der Waals surface area contributed by atoms with Gasteiger partial charge in [-0.15, -0.1) is 0 Å². The molecule has 0 atom stereocenters. The van der Waals surface area contributed by atoms with Crippen molar-refractivity contribution in [1.82, 2.24) is 4.72 Å². The molecule has 1 amide bonds. The zero-order chi connectivity index (χ0) is 17.9. The van der Waals surface area contributed by atoms with Crippen LogP contribution < -0.4 is 10.0 Å². The molecule has 0 unspecified atom stereocenters. The van der Waals surface area contributed by atoms with Crippen LogP contribution in [0.2, 0.25) is 0 Å². The van der Waals surface area contributed by atoms with E-state index in [2.05, 4.69) is 4.72 Å². The molecule has 0 radical (unpaired) electrons. The van der Waals surface area contributed by atoms with E-state index in [1.54, 1.807) is 19.1 Å². The molecule has 0 bridgehead atoms. The second-order valence-electron chi connectivity index (χ2n) is 5.24. The van der Waals surface area contributed by atoms with Crippen LogP contribution in [0.5, 0.6) is 0 Å². The van der Waals surface area contributed by atoms with Crippen molar-refractivity contribution in [3.63, 3.8) is 0 Å². The van der Waals surface area contributed by atoms with Gasteiger partial charge in [-0.2, -0.15) is 0 Å². The van der Waals surface area contributed by atoms with Crippen molar-refractivity contribution in [2.24, 2.45) is 0 Å². The second kappa shape index (κ2) is 7.06. The number of anilines is 1. The van der Waals surface area contributed by atoms with Gasteiger partial charge >= 0.3 is 0 Å². The van der Waals surface area contributed by atoms with E-state index in [1.807, 2.05) is 12.2 Å². The standard InChI is InChI=1S/C16H16F2N2O3S/c1-10-6-7-14(11(2)8-10)24(22,23)19-9-15(21)20-16-12(17)4-3-5-13(16)18/h3-8,19H,9H2,1-2H3,(H,20,21). The van der Waals surface area contributed by atoms with Crippen LogP contribution in [0.1, 0.15) is 11.1 Å². The lowest BCUT2D eigenvalue weighted by Crippen LogP contribution is -2.33. The molecule has 0 aliphatic carbocycles. The van der Waals surface area contributed by atoms with Crippen molar-refractivity contribution in [2.45, 2.75) is 18.7 Å². The van der Waals surface area contributed by atoms with E-state index in [9.17, 15) is 22.0 Å². The molecule has 0 heterocycles. The Balaban J connectivity index is 2.08. The molecule has 2 N–H and O–H groups in total. The van der Waals surface area contributed by atoms with E-state index in [0.29, 0.717) is 5.56 Å². The SMILES string of the molecule is Cc1ccc(S(=O)(=O)NCC(=O)Nc2c(F)cccc2F)c(C)c1. The number of nitrogens with one attached hydrogen (secondary N) is 2. The number of aryl methyl sites for hydroxylation is 2. The summed E-state index contributed by atoms with van der Waals surface area (Å²) in [6.07, 6.45) is 0. The molecule has 0 fully saturated rings. The molecule has 0 aliphatic heterocycles. The molecule has 8 heteroatoms. The zero-order valence-corrected chi connectivity index (χ0v) is 13.9. The van der Waals surface area contributed by atoms with Gasteiger partial charge in [0, 0.05) is 0 Å². The van der Waals surface area contributed by atoms with Crippen molar-refractivity contribution >= 4 is 21.6 Å². The van der Waals surface area contributed by atoms with Gasteiger partial charge in [-0.1, -0.05) is 23.8 Å². The van der Waals surface area contributed by atoms with Gasteiger partial charge in [0.2, 0.25) is 15.9 Å². The van der Waals surface area contributed by atoms with Gasteiger partial charge in [0.25, 0.3) is 0 Å². The van der Waals surface area contributed by atoms with Gasteiger partial charge in [0.15, 0.2) is 0 Å². The quantitative estimate of drug-likeness (QED) is 0.866. The molecule has 5 nitrogen and oxygen atoms in total. The maximum Gasteiger partial charge on any atom is 0.241 e. The minimum atomic E-state index is -3.91. The minimum absolute atomic E-state index is 0.0398. The van der Waals surface area contributed by atoms with Crippen LogP contribution in [0.4, 0.5) is 14.5 Å². The summed E-state index contributed by atoms with van der Waals surface area (Å²) >= 11 is 0. The Morgan fingerprint density at radius 3 is 2.29 bits per heavy atom. The first-order chi connectivity index (χ1) is 11.2. The largest absolute Gasteiger partial charge is 0.320 e. The lowest BCUT2D eigenvalue weighted by molar-refractivity contribution is -0.115. The fourth-order valence-electron chi connectivity index (χ4n) is 2.14. The fraction of sp³-hybridized carbons (Fsp3) is 0.188. The minimum Gasteiger partial charge on any atom is -0.320 e. The van der Waals surface area contributed by atoms with E-state index < -0.39 is 39.8 Å². The first-order valence-electron chi connectivity index (χ1n) is 7.01. The molecule has 24 heavy (non-hydrogen) atoms. The first kappa shape index (κ1) is 18.0. The van der Waals surface area contributed by atoms with E-state index in [-0.39, 0.29) is 4.90 Å². The normalized spacial score (nSPS) is 11.3. The molecular weight excluding hydrogens is 338 g/mol. The van der Waals surface area contributed by atoms with Gasteiger partial charge < -0.3 is 5.32 Å². The summed E-state index contributed by atoms with van der Waals surface area (Å²) < 4.78 is 53.4. The Morgan fingerprint density at radius 1 is 1.08 bits per heavy atom. The number of carbonyl (C=O) groups is 1. The zero-order valence-electron chi connectivity index (χ0n) is 13.1. The Bertz CT molecular complexity index is 863. The summed E-state index contributed by atoms with van der Waals surface area (Å²) in [5, 5.41) is 2.01. The van der Waals surface area contributed by atoms with Gasteiger partial charge in [-0.05, 0) is 37.6 Å². The summed E-state index contributed by atoms with van der Waals surface area (Å²) in [5.41, 5.74) is 0.815. The highest BCUT2D eigenvalue weighted by Gasteiger charge is 2.19. The topological polar surface area (TPSA) is 75.3 Å². The van der Waals surface area contributed by atoms with Crippen molar-refractivity contribution in [3.05, 3.63) is 59.2 Å². The molecule has 2 rings (SSSR count). The number of amides is 1. The third kappa shape index (κ3) is 4.15. The average Bonchev–Trinajstić information content (AvgIpc) is 2.49. The summed E-state index contributed by atoms with van der Waals surface area (Å²) in [4.78, 5) is 11.8. The van der Waals surface area contributed by atoms with E-state index in [1.165, 1.54) is 6.07 Å². The van der Waals surface area contributed by atoms with Crippen molar-refractivity contribution in [2.75, 3.05) is 11.9 Å². The molecule has 2 aromatic carbocycles. The Hall–Kier alpha value is -2.32. The van der Waals surface area contributed by atoms with Gasteiger partial charge in [-0.3, -0.25) is 4.79 Å². The van der Waals surface area contributed by atoms with Crippen molar-refractivity contribution < 1.29 is 22.0 Å². The molecule has 0 aliphatic rings. The van der Waals surface area contributed by atoms with Crippen LogP contribution in [-0.2, 0) is 14.8 Å². The molecule has 0 saturated heterocycles. The Labute approximate surface area is 138 Å². The van der Waals surface area contributed by atoms with E-state index in [4.69, 9.17) is 0 Å². The molecule has 128 valence electrons. The number of para-hydroxylation sites is 1. The highest BCUT2D eigenvalue weighted by atomic mass is 32.2. The number of hydrogen-bond acceptors (Lipinski definition) is 3. The molecule has 0 spiro atoms. The highest BCUT2D eigenvalue weighted by molar-refractivity contribution is 7.89. The van der Waals surface area contributed by atoms with Crippen LogP contribution >= 0.6 is 0 Å². The number of halogens is 2. The van der Waals surface area contributed by atoms with Crippen LogP contribution in [0.25, 0.3) is 0 Å². The molecular formula is C16H16F2N2O3S. The van der Waals surface area contributed by atoms with Crippen LogP contribution in [0.15, 0.2) is 41.3 Å². The maximum atomic E-state index is 13.4. The third-order valence-electron chi connectivity index (χ3n) is 3.27. The first-order valence-corrected chi connectivity index (χ1v) is 8.50. The second-order valence-corrected chi connectivity index (χ2v) is 6.97. The van der Waals surface area contributed by atoms with Crippen molar-refractivity contribution in [1.29, 1.82) is 0 Å². The number of rotatable bonds is 5. The smallest absolute Gasteiger partial charge is 0.241 e. The summed E-state index contributed by atoms with van der Waals surface area (Å²) in [5.74, 6) is -2.77. The van der Waals surface area contributed by atoms with Crippen LogP contribution in [0, 0.1) is 25.5 Å². The number of benzene rings is 2. The van der Waals surface area contributed by atoms with E-state index >= 15 is 0 Å². The summed E-state index contributed by atoms with van der Waals surface area (Å²) in [6, 6.07) is 7.89. The van der Waals surface area contributed by atoms with E-state index in [0.717, 1.165) is 23.8 Å². The Kier molecular flexibility index (Phi) is 5.30. The average molecular weight is 354 g/mol. The third-order valence-corrected chi connectivity index (χ3v) is 4.83. The Morgan fingerprint density at radius 2 is 1.71 bits per heavy atom. The van der Waals surface area contributed by atoms with Crippen LogP contribution in [-0.4, -0.2) is 20.9 Å². The van der Waals surface area contributed by atoms with Gasteiger partial charge in [0.1, 0.15) is 17.3 Å². The lowest BCUT2D eigenvalue weighted by atomic mass is 10.2. The number of carbonyl (C=O) groups excluding carboxylic acids is 1. The predicted molar refractivity (Wildman–Crippen MR) is 86.1 cm³/mol. The fourth-order valence-corrected chi connectivity index (χ4v) is 3.35. The highest BCUT2D eigenvalue weighted by Crippen LogP contribution is 2.18. The van der Waals surface area contributed by atoms with Crippen LogP contribution in [0.3, 0.4) is 0 Å². The van der Waals surface area contributed by atoms with Gasteiger partial charge in [0.05, 0.1) is 11.4 Å². The summed E-state index contributed by atoms with van der Waals surface area (Å²) in [6.45, 7) is 2.81. The molecule has 0 saturated carbocycles. The number of sulfonamides is 1. The van der Waals surface area contributed by atoms with Crippen molar-refractivity contribution in [3.8, 4) is 0 Å². The molecule has 2 aromatic rings. The maximum absolute atomic E-state index is 13.4. The lowest BCUT2D eigenvalue weighted by Gasteiger charge is -2.11. The number of hydrogen-bond donors (Lipinski definition) is 2. The van der Waals surface area contributed by atoms with Gasteiger partial charge in [-0.25, -0.2) is 21.9 Å². The summed E-state index contributed by atoms with van der Waals surface area (Å²) in [7, 11) is -3.91. The molecule has 0 aromatic heterocycles. The monoisotopic (exact) mass is 354 g/mol. The predicted octanol–water partition coefficient (Wildman–Crippen LogP) is 2.50.